The fourth-order valence-corrected chi connectivity index (χ4v) is 2.21. The summed E-state index contributed by atoms with van der Waals surface area (Å²) in [7, 11) is 0. The Balaban J connectivity index is 3.23. The fourth-order valence-electron chi connectivity index (χ4n) is 2.21. The van der Waals surface area contributed by atoms with Crippen LogP contribution in [-0.2, 0) is 14.3 Å². The number of unbranched alkanes of at least 4 members (excludes halogenated alkanes) is 10. The Morgan fingerprint density at radius 2 is 1.41 bits per heavy atom. The minimum Gasteiger partial charge on any atom is -0.481 e. The third kappa shape index (κ3) is 16.7. The summed E-state index contributed by atoms with van der Waals surface area (Å²) in [5.41, 5.74) is 0. The zero-order valence-corrected chi connectivity index (χ0v) is 14.0. The number of rotatable bonds is 15. The Labute approximate surface area is 134 Å². The van der Waals surface area contributed by atoms with Crippen molar-refractivity contribution in [3.8, 4) is 0 Å². The van der Waals surface area contributed by atoms with Gasteiger partial charge in [-0.1, -0.05) is 64.7 Å². The van der Waals surface area contributed by atoms with E-state index in [4.69, 9.17) is 9.84 Å². The van der Waals surface area contributed by atoms with Crippen molar-refractivity contribution in [3.63, 3.8) is 0 Å². The van der Waals surface area contributed by atoms with Crippen LogP contribution in [0.15, 0.2) is 12.3 Å². The first-order valence-electron chi connectivity index (χ1n) is 8.73. The number of hydrogen-bond donors (Lipinski definition) is 1. The van der Waals surface area contributed by atoms with Gasteiger partial charge in [-0.3, -0.25) is 9.59 Å². The summed E-state index contributed by atoms with van der Waals surface area (Å²) in [6.07, 6.45) is 17.0. The molecule has 4 nitrogen and oxygen atoms in total. The molecule has 4 heteroatoms. The number of aliphatic carboxylic acids is 1. The standard InChI is InChI=1S/C18H32O4/c1-2-3-4-5-6-7-8-9-10-11-12-13-16-22-18(21)15-14-17(19)20/h13,16H,2-12,14-15H2,1H3,(H,19,20)/b16-13+. The summed E-state index contributed by atoms with van der Waals surface area (Å²) in [6, 6.07) is 0. The van der Waals surface area contributed by atoms with E-state index in [9.17, 15) is 9.59 Å². The average molecular weight is 312 g/mol. The number of carbonyl (C=O) groups is 2. The Morgan fingerprint density at radius 1 is 0.864 bits per heavy atom. The van der Waals surface area contributed by atoms with Crippen LogP contribution in [0.2, 0.25) is 0 Å². The molecule has 0 unspecified atom stereocenters. The number of carboxylic acid groups (broad SMARTS) is 1. The van der Waals surface area contributed by atoms with E-state index in [0.29, 0.717) is 0 Å². The van der Waals surface area contributed by atoms with Gasteiger partial charge in [-0.15, -0.1) is 0 Å². The molecule has 0 aliphatic carbocycles. The van der Waals surface area contributed by atoms with E-state index >= 15 is 0 Å². The van der Waals surface area contributed by atoms with Crippen molar-refractivity contribution in [2.45, 2.75) is 90.4 Å². The molecule has 0 bridgehead atoms. The van der Waals surface area contributed by atoms with Gasteiger partial charge in [0.05, 0.1) is 19.1 Å². The summed E-state index contributed by atoms with van der Waals surface area (Å²) in [5.74, 6) is -1.46. The number of ether oxygens (including phenoxy) is 1. The molecule has 0 saturated carbocycles. The maximum absolute atomic E-state index is 11.1. The lowest BCUT2D eigenvalue weighted by Gasteiger charge is -2.01. The molecule has 0 aliphatic heterocycles. The minimum absolute atomic E-state index is 0.0715. The Morgan fingerprint density at radius 3 is 1.95 bits per heavy atom. The summed E-state index contributed by atoms with van der Waals surface area (Å²) >= 11 is 0. The Hall–Kier alpha value is -1.32. The second kappa shape index (κ2) is 16.1. The monoisotopic (exact) mass is 312 g/mol. The molecular weight excluding hydrogens is 280 g/mol. The highest BCUT2D eigenvalue weighted by molar-refractivity contribution is 5.76. The molecule has 0 saturated heterocycles. The van der Waals surface area contributed by atoms with E-state index in [1.165, 1.54) is 64.0 Å². The van der Waals surface area contributed by atoms with E-state index in [1.54, 1.807) is 0 Å². The smallest absolute Gasteiger partial charge is 0.311 e. The van der Waals surface area contributed by atoms with Crippen molar-refractivity contribution >= 4 is 11.9 Å². The largest absolute Gasteiger partial charge is 0.481 e. The third-order valence-corrected chi connectivity index (χ3v) is 3.56. The average Bonchev–Trinajstić information content (AvgIpc) is 2.49. The summed E-state index contributed by atoms with van der Waals surface area (Å²) in [5, 5.41) is 8.42. The first-order valence-corrected chi connectivity index (χ1v) is 8.73. The van der Waals surface area contributed by atoms with Gasteiger partial charge in [0.2, 0.25) is 0 Å². The highest BCUT2D eigenvalue weighted by atomic mass is 16.5. The summed E-state index contributed by atoms with van der Waals surface area (Å²) in [4.78, 5) is 21.4. The zero-order valence-electron chi connectivity index (χ0n) is 14.0. The molecule has 0 aromatic carbocycles. The van der Waals surface area contributed by atoms with Gasteiger partial charge in [-0.2, -0.15) is 0 Å². The van der Waals surface area contributed by atoms with Crippen molar-refractivity contribution in [3.05, 3.63) is 12.3 Å². The van der Waals surface area contributed by atoms with E-state index in [2.05, 4.69) is 6.92 Å². The van der Waals surface area contributed by atoms with Gasteiger partial charge in [0, 0.05) is 0 Å². The van der Waals surface area contributed by atoms with Crippen molar-refractivity contribution in [2.75, 3.05) is 0 Å². The number of allylic oxidation sites excluding steroid dienone is 1. The highest BCUT2D eigenvalue weighted by Gasteiger charge is 2.04. The summed E-state index contributed by atoms with van der Waals surface area (Å²) < 4.78 is 4.80. The lowest BCUT2D eigenvalue weighted by atomic mass is 10.1. The molecule has 0 spiro atoms. The molecule has 0 fully saturated rings. The molecule has 22 heavy (non-hydrogen) atoms. The van der Waals surface area contributed by atoms with E-state index in [-0.39, 0.29) is 12.8 Å². The highest BCUT2D eigenvalue weighted by Crippen LogP contribution is 2.11. The molecule has 0 radical (unpaired) electrons. The van der Waals surface area contributed by atoms with Crippen LogP contribution in [0.5, 0.6) is 0 Å². The molecule has 0 amide bonds. The van der Waals surface area contributed by atoms with E-state index in [1.807, 2.05) is 6.08 Å². The van der Waals surface area contributed by atoms with Crippen LogP contribution in [0.4, 0.5) is 0 Å². The zero-order chi connectivity index (χ0) is 16.5. The lowest BCUT2D eigenvalue weighted by molar-refractivity contribution is -0.144. The molecule has 1 N–H and O–H groups in total. The van der Waals surface area contributed by atoms with Crippen LogP contribution in [-0.4, -0.2) is 17.0 Å². The van der Waals surface area contributed by atoms with Gasteiger partial charge in [0.1, 0.15) is 0 Å². The first-order chi connectivity index (χ1) is 10.7. The van der Waals surface area contributed by atoms with Gasteiger partial charge in [-0.25, -0.2) is 0 Å². The third-order valence-electron chi connectivity index (χ3n) is 3.56. The van der Waals surface area contributed by atoms with Crippen LogP contribution >= 0.6 is 0 Å². The first kappa shape index (κ1) is 20.7. The van der Waals surface area contributed by atoms with E-state index in [0.717, 1.165) is 12.8 Å². The normalized spacial score (nSPS) is 11.0. The maximum Gasteiger partial charge on any atom is 0.311 e. The van der Waals surface area contributed by atoms with Gasteiger partial charge < -0.3 is 9.84 Å². The Kier molecular flexibility index (Phi) is 15.1. The van der Waals surface area contributed by atoms with Crippen molar-refractivity contribution < 1.29 is 19.4 Å². The Bertz CT molecular complexity index is 310. The predicted molar refractivity (Wildman–Crippen MR) is 88.6 cm³/mol. The van der Waals surface area contributed by atoms with Crippen molar-refractivity contribution in [2.24, 2.45) is 0 Å². The van der Waals surface area contributed by atoms with Gasteiger partial charge in [0.25, 0.3) is 0 Å². The number of hydrogen-bond acceptors (Lipinski definition) is 3. The quantitative estimate of drug-likeness (QED) is 0.256. The second-order valence-electron chi connectivity index (χ2n) is 5.73. The fraction of sp³-hybridized carbons (Fsp3) is 0.778. The SMILES string of the molecule is CCCCCCCCCCCC/C=C/OC(=O)CCC(=O)O. The minimum atomic E-state index is -0.980. The van der Waals surface area contributed by atoms with E-state index < -0.39 is 11.9 Å². The molecule has 0 rings (SSSR count). The second-order valence-corrected chi connectivity index (χ2v) is 5.73. The molecule has 0 aliphatic rings. The van der Waals surface area contributed by atoms with Crippen molar-refractivity contribution in [1.82, 2.24) is 0 Å². The van der Waals surface area contributed by atoms with Gasteiger partial charge in [0.15, 0.2) is 0 Å². The van der Waals surface area contributed by atoms with Gasteiger partial charge >= 0.3 is 11.9 Å². The molecule has 0 aromatic rings. The number of carboxylic acids is 1. The molecule has 128 valence electrons. The van der Waals surface area contributed by atoms with Crippen LogP contribution < -0.4 is 0 Å². The maximum atomic E-state index is 11.1. The number of esters is 1. The summed E-state index contributed by atoms with van der Waals surface area (Å²) in [6.45, 7) is 2.24. The molecule has 0 atom stereocenters. The topological polar surface area (TPSA) is 63.6 Å². The molecule has 0 heterocycles. The van der Waals surface area contributed by atoms with Crippen LogP contribution in [0.3, 0.4) is 0 Å². The van der Waals surface area contributed by atoms with Crippen LogP contribution in [0.1, 0.15) is 90.4 Å². The predicted octanol–water partition coefficient (Wildman–Crippen LogP) is 5.22. The van der Waals surface area contributed by atoms with Crippen LogP contribution in [0, 0.1) is 0 Å². The molecule has 0 aromatic heterocycles. The van der Waals surface area contributed by atoms with Crippen LogP contribution in [0.25, 0.3) is 0 Å². The lowest BCUT2D eigenvalue weighted by Crippen LogP contribution is -2.03. The number of carbonyl (C=O) groups excluding carboxylic acids is 1. The van der Waals surface area contributed by atoms with Crippen molar-refractivity contribution in [1.29, 1.82) is 0 Å². The van der Waals surface area contributed by atoms with Gasteiger partial charge in [-0.05, 0) is 18.9 Å². The molecular formula is C18H32O4.